The van der Waals surface area contributed by atoms with Gasteiger partial charge < -0.3 is 19.8 Å². The zero-order valence-corrected chi connectivity index (χ0v) is 15.0. The van der Waals surface area contributed by atoms with Gasteiger partial charge in [-0.1, -0.05) is 12.1 Å². The third-order valence-electron chi connectivity index (χ3n) is 3.58. The van der Waals surface area contributed by atoms with Crippen LogP contribution in [0, 0.1) is 0 Å². The van der Waals surface area contributed by atoms with Crippen LogP contribution in [0.25, 0.3) is 6.08 Å². The third kappa shape index (κ3) is 7.56. The number of nitrogens with one attached hydrogen (secondary N) is 2. The largest absolute Gasteiger partial charge is 0.573 e. The second-order valence-corrected chi connectivity index (χ2v) is 5.80. The van der Waals surface area contributed by atoms with E-state index in [-0.39, 0.29) is 30.5 Å². The van der Waals surface area contributed by atoms with Gasteiger partial charge in [-0.25, -0.2) is 0 Å². The summed E-state index contributed by atoms with van der Waals surface area (Å²) in [5, 5.41) is 5.27. The summed E-state index contributed by atoms with van der Waals surface area (Å²) in [7, 11) is 0. The van der Waals surface area contributed by atoms with Crippen molar-refractivity contribution in [2.75, 3.05) is 6.54 Å². The number of furan rings is 1. The summed E-state index contributed by atoms with van der Waals surface area (Å²) in [6.07, 6.45) is -0.410. The summed E-state index contributed by atoms with van der Waals surface area (Å²) in [4.78, 5) is 23.6. The molecule has 1 heterocycles. The first-order chi connectivity index (χ1) is 13.2. The molecular weight excluding hydrogens is 377 g/mol. The number of alkyl halides is 3. The highest BCUT2D eigenvalue weighted by Gasteiger charge is 2.31. The molecule has 0 aliphatic rings. The zero-order valence-electron chi connectivity index (χ0n) is 15.0. The molecule has 2 rings (SSSR count). The monoisotopic (exact) mass is 396 g/mol. The van der Waals surface area contributed by atoms with Crippen LogP contribution < -0.4 is 15.4 Å². The van der Waals surface area contributed by atoms with Crippen LogP contribution in [0.4, 0.5) is 13.2 Å². The SMILES string of the molecule is CC(NC(=O)CCNC(=O)/C=C/c1ccco1)c1ccc(OC(F)(F)F)cc1. The average molecular weight is 396 g/mol. The van der Waals surface area contributed by atoms with Crippen LogP contribution in [0.1, 0.15) is 30.7 Å². The number of hydrogen-bond donors (Lipinski definition) is 2. The van der Waals surface area contributed by atoms with Crippen LogP contribution in [-0.4, -0.2) is 24.7 Å². The second kappa shape index (κ2) is 9.63. The minimum Gasteiger partial charge on any atom is -0.465 e. The van der Waals surface area contributed by atoms with Gasteiger partial charge >= 0.3 is 6.36 Å². The minimum atomic E-state index is -4.75. The number of carbonyl (C=O) groups excluding carboxylic acids is 2. The summed E-state index contributed by atoms with van der Waals surface area (Å²) >= 11 is 0. The van der Waals surface area contributed by atoms with Crippen molar-refractivity contribution >= 4 is 17.9 Å². The molecule has 2 amide bonds. The van der Waals surface area contributed by atoms with Gasteiger partial charge in [-0.2, -0.15) is 0 Å². The molecule has 150 valence electrons. The fraction of sp³-hybridized carbons (Fsp3) is 0.263. The molecule has 28 heavy (non-hydrogen) atoms. The lowest BCUT2D eigenvalue weighted by molar-refractivity contribution is -0.274. The number of hydrogen-bond acceptors (Lipinski definition) is 4. The molecule has 2 N–H and O–H groups in total. The van der Waals surface area contributed by atoms with Crippen LogP contribution in [0.3, 0.4) is 0 Å². The molecule has 9 heteroatoms. The van der Waals surface area contributed by atoms with Gasteiger partial charge in [0.25, 0.3) is 0 Å². The first kappa shape index (κ1) is 21.1. The Bertz CT molecular complexity index is 800. The molecule has 0 spiro atoms. The van der Waals surface area contributed by atoms with Crippen LogP contribution in [0.5, 0.6) is 5.75 Å². The Balaban J connectivity index is 1.72. The molecule has 0 fully saturated rings. The molecule has 0 bridgehead atoms. The highest BCUT2D eigenvalue weighted by Crippen LogP contribution is 2.24. The van der Waals surface area contributed by atoms with Crippen molar-refractivity contribution in [1.82, 2.24) is 10.6 Å². The lowest BCUT2D eigenvalue weighted by Gasteiger charge is -2.15. The molecule has 0 radical (unpaired) electrons. The molecule has 1 unspecified atom stereocenters. The van der Waals surface area contributed by atoms with Crippen molar-refractivity contribution in [3.8, 4) is 5.75 Å². The number of amides is 2. The maximum Gasteiger partial charge on any atom is 0.573 e. The van der Waals surface area contributed by atoms with Crippen molar-refractivity contribution < 1.29 is 31.9 Å². The predicted octanol–water partition coefficient (Wildman–Crippen LogP) is 3.58. The number of benzene rings is 1. The van der Waals surface area contributed by atoms with Crippen LogP contribution in [0.2, 0.25) is 0 Å². The number of halogens is 3. The van der Waals surface area contributed by atoms with E-state index in [0.717, 1.165) is 0 Å². The van der Waals surface area contributed by atoms with Crippen molar-refractivity contribution in [1.29, 1.82) is 0 Å². The van der Waals surface area contributed by atoms with Gasteiger partial charge in [0.1, 0.15) is 11.5 Å². The number of rotatable bonds is 8. The maximum absolute atomic E-state index is 12.1. The van der Waals surface area contributed by atoms with Crippen LogP contribution >= 0.6 is 0 Å². The summed E-state index contributed by atoms with van der Waals surface area (Å²) < 4.78 is 45.3. The van der Waals surface area contributed by atoms with Crippen LogP contribution in [0.15, 0.2) is 53.2 Å². The predicted molar refractivity (Wildman–Crippen MR) is 95.1 cm³/mol. The Kier molecular flexibility index (Phi) is 7.25. The highest BCUT2D eigenvalue weighted by atomic mass is 19.4. The van der Waals surface area contributed by atoms with Crippen molar-refractivity contribution in [3.63, 3.8) is 0 Å². The third-order valence-corrected chi connectivity index (χ3v) is 3.58. The molecular formula is C19H19F3N2O4. The van der Waals surface area contributed by atoms with E-state index < -0.39 is 12.4 Å². The topological polar surface area (TPSA) is 80.6 Å². The van der Waals surface area contributed by atoms with E-state index in [0.29, 0.717) is 11.3 Å². The fourth-order valence-electron chi connectivity index (χ4n) is 2.26. The van der Waals surface area contributed by atoms with E-state index in [1.54, 1.807) is 19.1 Å². The standard InChI is InChI=1S/C19H19F3N2O4/c1-13(14-4-6-16(7-5-14)28-19(20,21)22)24-18(26)10-11-23-17(25)9-8-15-3-2-12-27-15/h2-9,12-13H,10-11H2,1H3,(H,23,25)(H,24,26)/b9-8+. The number of carbonyl (C=O) groups is 2. The zero-order chi connectivity index (χ0) is 20.6. The molecule has 0 aliphatic heterocycles. The summed E-state index contributed by atoms with van der Waals surface area (Å²) in [6, 6.07) is 8.21. The molecule has 0 saturated heterocycles. The summed E-state index contributed by atoms with van der Waals surface area (Å²) in [5.41, 5.74) is 0.619. The van der Waals surface area contributed by atoms with E-state index in [1.165, 1.54) is 42.7 Å². The molecule has 1 aromatic carbocycles. The molecule has 0 saturated carbocycles. The van der Waals surface area contributed by atoms with E-state index in [4.69, 9.17) is 4.42 Å². The lowest BCUT2D eigenvalue weighted by atomic mass is 10.1. The summed E-state index contributed by atoms with van der Waals surface area (Å²) in [5.74, 6) is -0.468. The highest BCUT2D eigenvalue weighted by molar-refractivity contribution is 5.91. The first-order valence-electron chi connectivity index (χ1n) is 8.37. The van der Waals surface area contributed by atoms with Gasteiger partial charge in [-0.05, 0) is 42.8 Å². The Morgan fingerprint density at radius 3 is 2.54 bits per heavy atom. The van der Waals surface area contributed by atoms with E-state index >= 15 is 0 Å². The quantitative estimate of drug-likeness (QED) is 0.669. The van der Waals surface area contributed by atoms with Gasteiger partial charge in [0, 0.05) is 19.0 Å². The van der Waals surface area contributed by atoms with Gasteiger partial charge in [0.15, 0.2) is 0 Å². The number of ether oxygens (including phenoxy) is 1. The lowest BCUT2D eigenvalue weighted by Crippen LogP contribution is -2.31. The van der Waals surface area contributed by atoms with Crippen molar-refractivity contribution in [2.45, 2.75) is 25.7 Å². The average Bonchev–Trinajstić information content (AvgIpc) is 3.12. The Labute approximate surface area is 159 Å². The van der Waals surface area contributed by atoms with E-state index in [2.05, 4.69) is 15.4 Å². The van der Waals surface area contributed by atoms with Gasteiger partial charge in [0.05, 0.1) is 12.3 Å². The normalized spacial score (nSPS) is 12.6. The second-order valence-electron chi connectivity index (χ2n) is 5.80. The van der Waals surface area contributed by atoms with Crippen molar-refractivity contribution in [2.24, 2.45) is 0 Å². The minimum absolute atomic E-state index is 0.0555. The maximum atomic E-state index is 12.1. The first-order valence-corrected chi connectivity index (χ1v) is 8.37. The Hall–Kier alpha value is -3.23. The molecule has 1 atom stereocenters. The Morgan fingerprint density at radius 1 is 1.21 bits per heavy atom. The Morgan fingerprint density at radius 2 is 1.93 bits per heavy atom. The summed E-state index contributed by atoms with van der Waals surface area (Å²) in [6.45, 7) is 1.83. The van der Waals surface area contributed by atoms with Crippen molar-refractivity contribution in [3.05, 3.63) is 60.1 Å². The molecule has 1 aromatic heterocycles. The molecule has 6 nitrogen and oxygen atoms in total. The van der Waals surface area contributed by atoms with Crippen LogP contribution in [-0.2, 0) is 9.59 Å². The molecule has 0 aliphatic carbocycles. The van der Waals surface area contributed by atoms with E-state index in [1.807, 2.05) is 0 Å². The van der Waals surface area contributed by atoms with Gasteiger partial charge in [-0.3, -0.25) is 9.59 Å². The molecule has 2 aromatic rings. The fourth-order valence-corrected chi connectivity index (χ4v) is 2.26. The van der Waals surface area contributed by atoms with E-state index in [9.17, 15) is 22.8 Å². The van der Waals surface area contributed by atoms with Gasteiger partial charge in [0.2, 0.25) is 11.8 Å². The van der Waals surface area contributed by atoms with Gasteiger partial charge in [-0.15, -0.1) is 13.2 Å². The smallest absolute Gasteiger partial charge is 0.465 e.